The minimum Gasteiger partial charge on any atom is -0.396 e. The molecule has 1 fully saturated rings. The van der Waals surface area contributed by atoms with Crippen molar-refractivity contribution in [1.82, 2.24) is 4.90 Å². The lowest BCUT2D eigenvalue weighted by atomic mass is 9.85. The summed E-state index contributed by atoms with van der Waals surface area (Å²) in [6, 6.07) is -0.0921. The lowest BCUT2D eigenvalue weighted by Gasteiger charge is -2.33. The van der Waals surface area contributed by atoms with Crippen LogP contribution in [0.2, 0.25) is 0 Å². The quantitative estimate of drug-likeness (QED) is 0.775. The van der Waals surface area contributed by atoms with Crippen molar-refractivity contribution in [2.75, 3.05) is 19.7 Å². The zero-order valence-electron chi connectivity index (χ0n) is 11.3. The molecule has 4 heteroatoms. The normalized spacial score (nSPS) is 20.4. The number of aliphatic hydroxyl groups excluding tert-OH is 1. The molecular formula is C13H26N2O2. The number of likely N-dealkylation sites (tertiary alicyclic amines) is 1. The van der Waals surface area contributed by atoms with Crippen LogP contribution in [-0.2, 0) is 4.79 Å². The molecule has 0 aromatic heterocycles. The van der Waals surface area contributed by atoms with Gasteiger partial charge in [0.1, 0.15) is 0 Å². The zero-order valence-corrected chi connectivity index (χ0v) is 11.3. The molecule has 0 radical (unpaired) electrons. The Balaban J connectivity index is 2.39. The molecule has 100 valence electrons. The first-order valence-electron chi connectivity index (χ1n) is 6.48. The number of rotatable bonds is 3. The third-order valence-corrected chi connectivity index (χ3v) is 3.73. The smallest absolute Gasteiger partial charge is 0.224 e. The zero-order chi connectivity index (χ0) is 13.1. The van der Waals surface area contributed by atoms with Gasteiger partial charge in [0.25, 0.3) is 0 Å². The third-order valence-electron chi connectivity index (χ3n) is 3.73. The highest BCUT2D eigenvalue weighted by Crippen LogP contribution is 2.22. The lowest BCUT2D eigenvalue weighted by molar-refractivity contribution is -0.133. The number of nitrogens with zero attached hydrogens (tertiary/aromatic N) is 1. The van der Waals surface area contributed by atoms with E-state index in [1.54, 1.807) is 0 Å². The monoisotopic (exact) mass is 242 g/mol. The van der Waals surface area contributed by atoms with E-state index in [9.17, 15) is 4.79 Å². The van der Waals surface area contributed by atoms with Gasteiger partial charge in [0.05, 0.1) is 0 Å². The van der Waals surface area contributed by atoms with Gasteiger partial charge < -0.3 is 15.7 Å². The Morgan fingerprint density at radius 2 is 1.94 bits per heavy atom. The SMILES string of the molecule is CC(C)(C)C(N)CC(=O)N1CCC(CO)CC1. The largest absolute Gasteiger partial charge is 0.396 e. The average Bonchev–Trinajstić information content (AvgIpc) is 2.27. The van der Waals surface area contributed by atoms with Gasteiger partial charge in [-0.3, -0.25) is 4.79 Å². The van der Waals surface area contributed by atoms with Crippen molar-refractivity contribution in [3.63, 3.8) is 0 Å². The van der Waals surface area contributed by atoms with Crippen molar-refractivity contribution in [3.8, 4) is 0 Å². The Kier molecular flexibility index (Phi) is 4.95. The highest BCUT2D eigenvalue weighted by atomic mass is 16.3. The highest BCUT2D eigenvalue weighted by molar-refractivity contribution is 5.77. The Bertz CT molecular complexity index is 253. The lowest BCUT2D eigenvalue weighted by Crippen LogP contribution is -2.44. The number of carbonyl (C=O) groups is 1. The first-order valence-corrected chi connectivity index (χ1v) is 6.48. The maximum Gasteiger partial charge on any atom is 0.224 e. The number of aliphatic hydroxyl groups is 1. The fraction of sp³-hybridized carbons (Fsp3) is 0.923. The molecule has 1 aliphatic rings. The van der Waals surface area contributed by atoms with Crippen LogP contribution in [0.5, 0.6) is 0 Å². The molecule has 0 saturated carbocycles. The number of amides is 1. The van der Waals surface area contributed by atoms with E-state index in [1.807, 2.05) is 4.90 Å². The summed E-state index contributed by atoms with van der Waals surface area (Å²) >= 11 is 0. The fourth-order valence-corrected chi connectivity index (χ4v) is 1.99. The maximum atomic E-state index is 12.0. The second kappa shape index (κ2) is 5.83. The van der Waals surface area contributed by atoms with Crippen LogP contribution < -0.4 is 5.73 Å². The van der Waals surface area contributed by atoms with Gasteiger partial charge in [-0.15, -0.1) is 0 Å². The van der Waals surface area contributed by atoms with Crippen LogP contribution in [0.25, 0.3) is 0 Å². The topological polar surface area (TPSA) is 66.6 Å². The molecule has 0 spiro atoms. The van der Waals surface area contributed by atoms with E-state index in [4.69, 9.17) is 10.8 Å². The molecule has 0 aromatic carbocycles. The predicted octanol–water partition coefficient (Wildman–Crippen LogP) is 0.981. The molecule has 1 heterocycles. The molecule has 1 rings (SSSR count). The first-order chi connectivity index (χ1) is 7.84. The van der Waals surface area contributed by atoms with Crippen LogP contribution in [0.1, 0.15) is 40.0 Å². The van der Waals surface area contributed by atoms with Gasteiger partial charge in [0, 0.05) is 32.2 Å². The fourth-order valence-electron chi connectivity index (χ4n) is 1.99. The van der Waals surface area contributed by atoms with E-state index < -0.39 is 0 Å². The Labute approximate surface area is 104 Å². The van der Waals surface area contributed by atoms with Gasteiger partial charge in [-0.25, -0.2) is 0 Å². The summed E-state index contributed by atoms with van der Waals surface area (Å²) in [5.74, 6) is 0.527. The average molecular weight is 242 g/mol. The van der Waals surface area contributed by atoms with Crippen molar-refractivity contribution in [3.05, 3.63) is 0 Å². The molecule has 0 aliphatic carbocycles. The number of hydrogen-bond acceptors (Lipinski definition) is 3. The second-order valence-electron chi connectivity index (χ2n) is 6.18. The van der Waals surface area contributed by atoms with Gasteiger partial charge in [-0.2, -0.15) is 0 Å². The van der Waals surface area contributed by atoms with Gasteiger partial charge in [-0.1, -0.05) is 20.8 Å². The van der Waals surface area contributed by atoms with Crippen LogP contribution in [0.3, 0.4) is 0 Å². The molecule has 1 amide bonds. The highest BCUT2D eigenvalue weighted by Gasteiger charge is 2.27. The van der Waals surface area contributed by atoms with E-state index in [1.165, 1.54) is 0 Å². The molecule has 1 atom stereocenters. The number of hydrogen-bond donors (Lipinski definition) is 2. The van der Waals surface area contributed by atoms with Crippen LogP contribution in [0, 0.1) is 11.3 Å². The standard InChI is InChI=1S/C13H26N2O2/c1-13(2,3)11(14)8-12(17)15-6-4-10(9-16)5-7-15/h10-11,16H,4-9,14H2,1-3H3. The molecule has 3 N–H and O–H groups in total. The summed E-state index contributed by atoms with van der Waals surface area (Å²) in [6.45, 7) is 7.94. The molecule has 1 aliphatic heterocycles. The van der Waals surface area contributed by atoms with Crippen molar-refractivity contribution < 1.29 is 9.90 Å². The number of nitrogens with two attached hydrogens (primary N) is 1. The predicted molar refractivity (Wildman–Crippen MR) is 68.4 cm³/mol. The van der Waals surface area contributed by atoms with E-state index in [-0.39, 0.29) is 24.0 Å². The van der Waals surface area contributed by atoms with Gasteiger partial charge >= 0.3 is 0 Å². The molecular weight excluding hydrogens is 216 g/mol. The van der Waals surface area contributed by atoms with Crippen LogP contribution >= 0.6 is 0 Å². The molecule has 17 heavy (non-hydrogen) atoms. The third kappa shape index (κ3) is 4.28. The molecule has 4 nitrogen and oxygen atoms in total. The summed E-state index contributed by atoms with van der Waals surface area (Å²) in [4.78, 5) is 13.9. The van der Waals surface area contributed by atoms with Crippen molar-refractivity contribution in [2.45, 2.75) is 46.1 Å². The minimum absolute atomic E-state index is 0.0287. The Morgan fingerprint density at radius 3 is 2.35 bits per heavy atom. The summed E-state index contributed by atoms with van der Waals surface area (Å²) in [6.07, 6.45) is 2.24. The van der Waals surface area contributed by atoms with Gasteiger partial charge in [0.2, 0.25) is 5.91 Å². The van der Waals surface area contributed by atoms with Crippen LogP contribution in [-0.4, -0.2) is 41.7 Å². The minimum atomic E-state index is -0.0921. The summed E-state index contributed by atoms with van der Waals surface area (Å²) < 4.78 is 0. The van der Waals surface area contributed by atoms with Crippen LogP contribution in [0.15, 0.2) is 0 Å². The van der Waals surface area contributed by atoms with Crippen LogP contribution in [0.4, 0.5) is 0 Å². The van der Waals surface area contributed by atoms with Crippen molar-refractivity contribution in [2.24, 2.45) is 17.1 Å². The van der Waals surface area contributed by atoms with E-state index in [2.05, 4.69) is 20.8 Å². The molecule has 1 unspecified atom stereocenters. The summed E-state index contributed by atoms with van der Waals surface area (Å²) in [5.41, 5.74) is 6.00. The van der Waals surface area contributed by atoms with Gasteiger partial charge in [0.15, 0.2) is 0 Å². The molecule has 1 saturated heterocycles. The van der Waals surface area contributed by atoms with Crippen molar-refractivity contribution >= 4 is 5.91 Å². The van der Waals surface area contributed by atoms with E-state index in [0.717, 1.165) is 25.9 Å². The number of piperidine rings is 1. The van der Waals surface area contributed by atoms with Crippen molar-refractivity contribution in [1.29, 1.82) is 0 Å². The number of carbonyl (C=O) groups excluding carboxylic acids is 1. The maximum absolute atomic E-state index is 12.0. The second-order valence-corrected chi connectivity index (χ2v) is 6.18. The van der Waals surface area contributed by atoms with Gasteiger partial charge in [-0.05, 0) is 24.2 Å². The molecule has 0 aromatic rings. The Morgan fingerprint density at radius 1 is 1.41 bits per heavy atom. The summed E-state index contributed by atoms with van der Waals surface area (Å²) in [5, 5.41) is 9.04. The molecule has 0 bridgehead atoms. The van der Waals surface area contributed by atoms with E-state index in [0.29, 0.717) is 12.3 Å². The first kappa shape index (κ1) is 14.5. The summed E-state index contributed by atoms with van der Waals surface area (Å²) in [7, 11) is 0. The van der Waals surface area contributed by atoms with E-state index >= 15 is 0 Å². The Hall–Kier alpha value is -0.610.